The Morgan fingerprint density at radius 1 is 1.06 bits per heavy atom. The lowest BCUT2D eigenvalue weighted by atomic mass is 9.96. The number of carbonyl (C=O) groups is 2. The van der Waals surface area contributed by atoms with Crippen molar-refractivity contribution in [2.75, 3.05) is 45.8 Å². The monoisotopic (exact) mass is 702 g/mol. The van der Waals surface area contributed by atoms with Crippen LogP contribution in [-0.4, -0.2) is 99.4 Å². The second-order valence-electron chi connectivity index (χ2n) is 13.4. The van der Waals surface area contributed by atoms with Gasteiger partial charge in [-0.2, -0.15) is 4.31 Å². The smallest absolute Gasteiger partial charge is 0.319 e. The minimum absolute atomic E-state index is 0.0609. The summed E-state index contributed by atoms with van der Waals surface area (Å²) in [5.41, 5.74) is 0.720. The van der Waals surface area contributed by atoms with Gasteiger partial charge in [0.25, 0.3) is 5.91 Å². The van der Waals surface area contributed by atoms with E-state index in [2.05, 4.69) is 10.6 Å². The van der Waals surface area contributed by atoms with Gasteiger partial charge in [0.1, 0.15) is 11.5 Å². The van der Waals surface area contributed by atoms with E-state index < -0.39 is 22.2 Å². The molecule has 0 unspecified atom stereocenters. The molecule has 1 aliphatic carbocycles. The highest BCUT2D eigenvalue weighted by Gasteiger charge is 2.32. The number of sulfonamides is 1. The summed E-state index contributed by atoms with van der Waals surface area (Å²) >= 11 is 0. The first-order valence-corrected chi connectivity index (χ1v) is 18.9. The van der Waals surface area contributed by atoms with Crippen LogP contribution < -0.4 is 20.1 Å². The first-order chi connectivity index (χ1) is 23.4. The van der Waals surface area contributed by atoms with E-state index in [1.54, 1.807) is 42.2 Å². The molecule has 1 heterocycles. The molecule has 49 heavy (non-hydrogen) atoms. The highest BCUT2D eigenvalue weighted by atomic mass is 32.2. The van der Waals surface area contributed by atoms with Crippen molar-refractivity contribution in [1.29, 1.82) is 0 Å². The second kappa shape index (κ2) is 18.0. The van der Waals surface area contributed by atoms with Crippen LogP contribution in [0.4, 0.5) is 10.5 Å². The lowest BCUT2D eigenvalue weighted by Gasteiger charge is -2.35. The molecule has 0 bridgehead atoms. The van der Waals surface area contributed by atoms with Gasteiger partial charge in [0.2, 0.25) is 10.0 Å². The number of methoxy groups -OCH3 is 1. The molecule has 0 radical (unpaired) electrons. The Labute approximate surface area is 291 Å². The average Bonchev–Trinajstić information content (AvgIpc) is 3.09. The van der Waals surface area contributed by atoms with E-state index in [4.69, 9.17) is 14.2 Å². The van der Waals surface area contributed by atoms with Gasteiger partial charge in [-0.3, -0.25) is 4.79 Å². The molecule has 2 aliphatic rings. The standard InChI is InChI=1S/C36H54N4O8S/c1-25-22-40(26(2)24-41)35(42)32-21-29(38-36(43)37-28-12-7-6-8-13-28)14-19-33(32)48-27(3)11-9-10-20-47-34(25)23-39(4)49(44,45)31-17-15-30(46-5)16-18-31/h14-19,21,25-28,34,41H,6-13,20,22-24H2,1-5H3,(H2,37,38,43)/t25-,26-,27+,34-/m1/s1. The Morgan fingerprint density at radius 3 is 2.43 bits per heavy atom. The number of amides is 3. The van der Waals surface area contributed by atoms with E-state index in [0.29, 0.717) is 30.2 Å². The Morgan fingerprint density at radius 2 is 1.76 bits per heavy atom. The highest BCUT2D eigenvalue weighted by Crippen LogP contribution is 2.29. The number of fused-ring (bicyclic) bond motifs is 1. The number of anilines is 1. The van der Waals surface area contributed by atoms with Gasteiger partial charge in [-0.15, -0.1) is 0 Å². The van der Waals surface area contributed by atoms with Crippen molar-refractivity contribution >= 4 is 27.6 Å². The molecular formula is C36H54N4O8S. The number of nitrogens with one attached hydrogen (secondary N) is 2. The van der Waals surface area contributed by atoms with Gasteiger partial charge < -0.3 is 34.9 Å². The molecule has 4 atom stereocenters. The van der Waals surface area contributed by atoms with Crippen LogP contribution in [0.15, 0.2) is 47.4 Å². The lowest BCUT2D eigenvalue weighted by molar-refractivity contribution is -0.00834. The summed E-state index contributed by atoms with van der Waals surface area (Å²) in [5, 5.41) is 16.2. The summed E-state index contributed by atoms with van der Waals surface area (Å²) in [7, 11) is -0.801. The quantitative estimate of drug-likeness (QED) is 0.321. The zero-order chi connectivity index (χ0) is 35.6. The van der Waals surface area contributed by atoms with E-state index in [1.165, 1.54) is 37.0 Å². The second-order valence-corrected chi connectivity index (χ2v) is 15.5. The molecule has 0 spiro atoms. The molecule has 272 valence electrons. The van der Waals surface area contributed by atoms with Crippen LogP contribution in [0, 0.1) is 5.92 Å². The number of aliphatic hydroxyl groups is 1. The predicted octanol–water partition coefficient (Wildman–Crippen LogP) is 5.27. The number of aliphatic hydroxyl groups excluding tert-OH is 1. The fourth-order valence-electron chi connectivity index (χ4n) is 6.34. The number of rotatable bonds is 9. The molecule has 1 fully saturated rings. The van der Waals surface area contributed by atoms with Crippen molar-refractivity contribution in [3.05, 3.63) is 48.0 Å². The summed E-state index contributed by atoms with van der Waals surface area (Å²) in [6.07, 6.45) is 6.76. The zero-order valence-electron chi connectivity index (χ0n) is 29.5. The average molecular weight is 703 g/mol. The van der Waals surface area contributed by atoms with Crippen molar-refractivity contribution in [2.24, 2.45) is 5.92 Å². The van der Waals surface area contributed by atoms with Crippen LogP contribution in [0.2, 0.25) is 0 Å². The van der Waals surface area contributed by atoms with Crippen molar-refractivity contribution in [3.63, 3.8) is 0 Å². The maximum Gasteiger partial charge on any atom is 0.319 e. The summed E-state index contributed by atoms with van der Waals surface area (Å²) in [6, 6.07) is 10.5. The third-order valence-corrected chi connectivity index (χ3v) is 11.3. The Hall–Kier alpha value is -3.39. The van der Waals surface area contributed by atoms with Gasteiger partial charge >= 0.3 is 6.03 Å². The van der Waals surface area contributed by atoms with Crippen molar-refractivity contribution < 1.29 is 37.3 Å². The van der Waals surface area contributed by atoms with Crippen LogP contribution in [0.25, 0.3) is 0 Å². The molecule has 2 aromatic rings. The van der Waals surface area contributed by atoms with E-state index in [9.17, 15) is 23.1 Å². The van der Waals surface area contributed by atoms with Gasteiger partial charge in [0.15, 0.2) is 0 Å². The van der Waals surface area contributed by atoms with Crippen LogP contribution in [0.5, 0.6) is 11.5 Å². The Bertz CT molecular complexity index is 1480. The summed E-state index contributed by atoms with van der Waals surface area (Å²) < 4.78 is 46.1. The number of urea groups is 1. The van der Waals surface area contributed by atoms with Crippen LogP contribution in [0.1, 0.15) is 82.5 Å². The molecule has 13 heteroatoms. The van der Waals surface area contributed by atoms with Gasteiger partial charge in [-0.05, 0) is 88.4 Å². The molecule has 4 rings (SSSR count). The zero-order valence-corrected chi connectivity index (χ0v) is 30.3. The van der Waals surface area contributed by atoms with E-state index in [1.807, 2.05) is 13.8 Å². The molecular weight excluding hydrogens is 648 g/mol. The first-order valence-electron chi connectivity index (χ1n) is 17.4. The van der Waals surface area contributed by atoms with Gasteiger partial charge in [0, 0.05) is 44.4 Å². The first kappa shape index (κ1) is 38.4. The molecule has 1 aliphatic heterocycles. The summed E-state index contributed by atoms with van der Waals surface area (Å²) in [6.45, 7) is 5.99. The van der Waals surface area contributed by atoms with Crippen LogP contribution in [-0.2, 0) is 14.8 Å². The predicted molar refractivity (Wildman–Crippen MR) is 189 cm³/mol. The highest BCUT2D eigenvalue weighted by molar-refractivity contribution is 7.89. The number of benzene rings is 2. The molecule has 2 aromatic carbocycles. The molecule has 0 saturated heterocycles. The number of hydrogen-bond acceptors (Lipinski definition) is 8. The van der Waals surface area contributed by atoms with Crippen molar-refractivity contribution in [1.82, 2.24) is 14.5 Å². The molecule has 1 saturated carbocycles. The maximum absolute atomic E-state index is 14.4. The molecule has 12 nitrogen and oxygen atoms in total. The van der Waals surface area contributed by atoms with Crippen LogP contribution in [0.3, 0.4) is 0 Å². The van der Waals surface area contributed by atoms with E-state index >= 15 is 0 Å². The molecule has 3 N–H and O–H groups in total. The topological polar surface area (TPSA) is 147 Å². The number of hydrogen-bond donors (Lipinski definition) is 3. The van der Waals surface area contributed by atoms with Crippen LogP contribution >= 0.6 is 0 Å². The van der Waals surface area contributed by atoms with Gasteiger partial charge in [-0.25, -0.2) is 13.2 Å². The van der Waals surface area contributed by atoms with Gasteiger partial charge in [-0.1, -0.05) is 26.2 Å². The number of ether oxygens (including phenoxy) is 3. The van der Waals surface area contributed by atoms with Crippen molar-refractivity contribution in [3.8, 4) is 11.5 Å². The SMILES string of the molecule is COc1ccc(S(=O)(=O)N(C)C[C@H]2OCCCC[C@H](C)Oc3ccc(NC(=O)NC4CCCCC4)cc3C(=O)N([C@H](C)CO)C[C@H]2C)cc1. The Kier molecular flexibility index (Phi) is 14.1. The number of likely N-dealkylation sites (N-methyl/N-ethyl adjacent to an activating group) is 1. The van der Waals surface area contributed by atoms with Gasteiger partial charge in [0.05, 0.1) is 42.4 Å². The van der Waals surface area contributed by atoms with E-state index in [0.717, 1.165) is 38.5 Å². The fraction of sp³-hybridized carbons (Fsp3) is 0.611. The Balaban J connectivity index is 1.60. The largest absolute Gasteiger partial charge is 0.497 e. The third kappa shape index (κ3) is 10.6. The summed E-state index contributed by atoms with van der Waals surface area (Å²) in [5.74, 6) is 0.259. The number of carbonyl (C=O) groups excluding carboxylic acids is 2. The number of nitrogens with zero attached hydrogens (tertiary/aromatic N) is 2. The van der Waals surface area contributed by atoms with Crippen molar-refractivity contribution in [2.45, 2.75) is 101 Å². The fourth-order valence-corrected chi connectivity index (χ4v) is 7.52. The third-order valence-electron chi connectivity index (χ3n) is 9.45. The molecule has 3 amide bonds. The molecule has 0 aromatic heterocycles. The minimum atomic E-state index is -3.84. The summed E-state index contributed by atoms with van der Waals surface area (Å²) in [4.78, 5) is 29.0. The normalized spacial score (nSPS) is 22.4. The lowest BCUT2D eigenvalue weighted by Crippen LogP contribution is -2.48. The van der Waals surface area contributed by atoms with E-state index in [-0.39, 0.29) is 60.2 Å². The maximum atomic E-state index is 14.4. The minimum Gasteiger partial charge on any atom is -0.497 e.